The van der Waals surface area contributed by atoms with Crippen LogP contribution in [0.25, 0.3) is 0 Å². The van der Waals surface area contributed by atoms with Gasteiger partial charge in [0.25, 0.3) is 0 Å². The maximum absolute atomic E-state index is 9.25. The molecule has 0 unspecified atom stereocenters. The van der Waals surface area contributed by atoms with Crippen molar-refractivity contribution in [1.82, 2.24) is 0 Å². The summed E-state index contributed by atoms with van der Waals surface area (Å²) in [6, 6.07) is 0. The van der Waals surface area contributed by atoms with Gasteiger partial charge in [-0.25, -0.2) is 0 Å². The minimum Gasteiger partial charge on any atom is -0.392 e. The highest BCUT2D eigenvalue weighted by Crippen LogP contribution is 2.34. The van der Waals surface area contributed by atoms with E-state index in [0.29, 0.717) is 6.61 Å². The summed E-state index contributed by atoms with van der Waals surface area (Å²) in [6.07, 6.45) is 7.86. The summed E-state index contributed by atoms with van der Waals surface area (Å²) in [5.41, 5.74) is 2.70. The first kappa shape index (κ1) is 10.2. The van der Waals surface area contributed by atoms with Crippen molar-refractivity contribution in [3.8, 4) is 0 Å². The molecule has 0 bridgehead atoms. The Morgan fingerprint density at radius 1 is 1.21 bits per heavy atom. The van der Waals surface area contributed by atoms with Gasteiger partial charge in [0.1, 0.15) is 0 Å². The molecule has 1 N–H and O–H groups in total. The fourth-order valence-electron chi connectivity index (χ4n) is 2.74. The van der Waals surface area contributed by atoms with Gasteiger partial charge in [-0.3, -0.25) is 0 Å². The van der Waals surface area contributed by atoms with Gasteiger partial charge in [-0.1, -0.05) is 24.8 Å². The molecule has 0 radical (unpaired) electrons. The molecule has 0 amide bonds. The molecule has 0 aromatic rings. The van der Waals surface area contributed by atoms with E-state index in [1.54, 1.807) is 0 Å². The van der Waals surface area contributed by atoms with Gasteiger partial charge in [0.2, 0.25) is 0 Å². The van der Waals surface area contributed by atoms with E-state index in [4.69, 9.17) is 4.74 Å². The topological polar surface area (TPSA) is 29.5 Å². The summed E-state index contributed by atoms with van der Waals surface area (Å²) < 4.78 is 5.38. The summed E-state index contributed by atoms with van der Waals surface area (Å²) in [6.45, 7) is 1.73. The molecule has 2 rings (SSSR count). The molecule has 0 aromatic carbocycles. The summed E-state index contributed by atoms with van der Waals surface area (Å²) in [4.78, 5) is 0. The van der Waals surface area contributed by atoms with E-state index >= 15 is 0 Å². The fourth-order valence-corrected chi connectivity index (χ4v) is 2.74. The molecule has 0 saturated heterocycles. The Balaban J connectivity index is 2.07. The highest BCUT2D eigenvalue weighted by Gasteiger charge is 2.22. The van der Waals surface area contributed by atoms with E-state index in [2.05, 4.69) is 0 Å². The standard InChI is InChI=1S/C12H20O2/c13-8-11-9-14-7-6-12(11)10-4-2-1-3-5-10/h10,13H,1-9H2. The maximum atomic E-state index is 9.25. The van der Waals surface area contributed by atoms with Gasteiger partial charge in [-0.15, -0.1) is 0 Å². The molecule has 2 aliphatic rings. The lowest BCUT2D eigenvalue weighted by Gasteiger charge is -2.29. The Labute approximate surface area is 86.0 Å². The van der Waals surface area contributed by atoms with Gasteiger partial charge in [-0.05, 0) is 30.8 Å². The van der Waals surface area contributed by atoms with Crippen LogP contribution in [0, 0.1) is 5.92 Å². The van der Waals surface area contributed by atoms with E-state index in [-0.39, 0.29) is 6.61 Å². The quantitative estimate of drug-likeness (QED) is 0.686. The summed E-state index contributed by atoms with van der Waals surface area (Å²) in [5.74, 6) is 0.759. The molecule has 1 saturated carbocycles. The van der Waals surface area contributed by atoms with Crippen LogP contribution in [0.5, 0.6) is 0 Å². The molecule has 1 aliphatic carbocycles. The maximum Gasteiger partial charge on any atom is 0.0701 e. The second-order valence-corrected chi connectivity index (χ2v) is 4.42. The minimum absolute atomic E-state index is 0.200. The monoisotopic (exact) mass is 196 g/mol. The van der Waals surface area contributed by atoms with Crippen molar-refractivity contribution in [3.05, 3.63) is 11.1 Å². The highest BCUT2D eigenvalue weighted by molar-refractivity contribution is 5.20. The van der Waals surface area contributed by atoms with Gasteiger partial charge in [0.15, 0.2) is 0 Å². The lowest BCUT2D eigenvalue weighted by atomic mass is 9.80. The highest BCUT2D eigenvalue weighted by atomic mass is 16.5. The van der Waals surface area contributed by atoms with Crippen molar-refractivity contribution in [2.24, 2.45) is 5.92 Å². The second kappa shape index (κ2) is 4.94. The number of aliphatic hydroxyl groups excluding tert-OH is 1. The molecule has 80 valence electrons. The average Bonchev–Trinajstić information content (AvgIpc) is 2.30. The molecule has 0 atom stereocenters. The number of rotatable bonds is 2. The molecule has 1 fully saturated rings. The first-order valence-electron chi connectivity index (χ1n) is 5.81. The molecule has 1 aliphatic heterocycles. The van der Waals surface area contributed by atoms with Crippen molar-refractivity contribution in [3.63, 3.8) is 0 Å². The molecule has 1 heterocycles. The predicted molar refractivity (Wildman–Crippen MR) is 56.1 cm³/mol. The van der Waals surface area contributed by atoms with Crippen LogP contribution in [-0.4, -0.2) is 24.9 Å². The SMILES string of the molecule is OCC1=C(C2CCCCC2)CCOC1. The Kier molecular flexibility index (Phi) is 3.60. The van der Waals surface area contributed by atoms with Gasteiger partial charge in [0.05, 0.1) is 19.8 Å². The Bertz CT molecular complexity index is 214. The summed E-state index contributed by atoms with van der Waals surface area (Å²) in [5, 5.41) is 9.25. The normalized spacial score (nSPS) is 25.5. The lowest BCUT2D eigenvalue weighted by Crippen LogP contribution is -2.20. The van der Waals surface area contributed by atoms with Crippen LogP contribution in [-0.2, 0) is 4.74 Å². The number of ether oxygens (including phenoxy) is 1. The van der Waals surface area contributed by atoms with Crippen molar-refractivity contribution >= 4 is 0 Å². The smallest absolute Gasteiger partial charge is 0.0701 e. The molecule has 0 spiro atoms. The van der Waals surface area contributed by atoms with Crippen molar-refractivity contribution < 1.29 is 9.84 Å². The first-order chi connectivity index (χ1) is 6.92. The zero-order valence-corrected chi connectivity index (χ0v) is 8.80. The van der Waals surface area contributed by atoms with E-state index in [0.717, 1.165) is 18.9 Å². The third-order valence-corrected chi connectivity index (χ3v) is 3.53. The van der Waals surface area contributed by atoms with Gasteiger partial charge in [-0.2, -0.15) is 0 Å². The van der Waals surface area contributed by atoms with E-state index in [1.807, 2.05) is 0 Å². The lowest BCUT2D eigenvalue weighted by molar-refractivity contribution is 0.128. The third kappa shape index (κ3) is 2.18. The van der Waals surface area contributed by atoms with Crippen LogP contribution in [0.3, 0.4) is 0 Å². The minimum atomic E-state index is 0.200. The van der Waals surface area contributed by atoms with Gasteiger partial charge in [0, 0.05) is 0 Å². The van der Waals surface area contributed by atoms with Crippen LogP contribution in [0.15, 0.2) is 11.1 Å². The van der Waals surface area contributed by atoms with Crippen LogP contribution >= 0.6 is 0 Å². The zero-order valence-electron chi connectivity index (χ0n) is 8.80. The van der Waals surface area contributed by atoms with Crippen LogP contribution in [0.4, 0.5) is 0 Å². The molecular weight excluding hydrogens is 176 g/mol. The number of hydrogen-bond acceptors (Lipinski definition) is 2. The molecule has 2 heteroatoms. The van der Waals surface area contributed by atoms with E-state index < -0.39 is 0 Å². The molecule has 0 aromatic heterocycles. The van der Waals surface area contributed by atoms with Crippen molar-refractivity contribution in [1.29, 1.82) is 0 Å². The summed E-state index contributed by atoms with van der Waals surface area (Å²) >= 11 is 0. The fraction of sp³-hybridized carbons (Fsp3) is 0.833. The number of aliphatic hydroxyl groups is 1. The van der Waals surface area contributed by atoms with Crippen LogP contribution in [0.1, 0.15) is 38.5 Å². The van der Waals surface area contributed by atoms with E-state index in [9.17, 15) is 5.11 Å². The third-order valence-electron chi connectivity index (χ3n) is 3.53. The average molecular weight is 196 g/mol. The Morgan fingerprint density at radius 2 is 2.00 bits per heavy atom. The van der Waals surface area contributed by atoms with Gasteiger partial charge >= 0.3 is 0 Å². The Hall–Kier alpha value is -0.340. The molecule has 2 nitrogen and oxygen atoms in total. The number of hydrogen-bond donors (Lipinski definition) is 1. The van der Waals surface area contributed by atoms with Crippen LogP contribution < -0.4 is 0 Å². The second-order valence-electron chi connectivity index (χ2n) is 4.42. The molecule has 14 heavy (non-hydrogen) atoms. The van der Waals surface area contributed by atoms with Crippen molar-refractivity contribution in [2.45, 2.75) is 38.5 Å². The van der Waals surface area contributed by atoms with Gasteiger partial charge < -0.3 is 9.84 Å². The Morgan fingerprint density at radius 3 is 2.71 bits per heavy atom. The van der Waals surface area contributed by atoms with Crippen molar-refractivity contribution in [2.75, 3.05) is 19.8 Å². The summed E-state index contributed by atoms with van der Waals surface area (Å²) in [7, 11) is 0. The molecular formula is C12H20O2. The van der Waals surface area contributed by atoms with E-state index in [1.165, 1.54) is 43.3 Å². The zero-order chi connectivity index (χ0) is 9.80. The predicted octanol–water partition coefficient (Wildman–Crippen LogP) is 2.28. The van der Waals surface area contributed by atoms with Crippen LogP contribution in [0.2, 0.25) is 0 Å². The largest absolute Gasteiger partial charge is 0.392 e. The first-order valence-corrected chi connectivity index (χ1v) is 5.81.